The van der Waals surface area contributed by atoms with Crippen molar-refractivity contribution >= 4 is 32.5 Å². The number of fused-ring (bicyclic) bond motifs is 1. The molecule has 2 aliphatic rings. The number of aromatic nitrogens is 2. The number of methoxy groups -OCH3 is 1. The van der Waals surface area contributed by atoms with Gasteiger partial charge in [0.05, 0.1) is 48.2 Å². The second-order valence-corrected chi connectivity index (χ2v) is 13.7. The molecule has 3 aromatic rings. The number of likely N-dealkylation sites (tertiary alicyclic amines) is 1. The maximum absolute atomic E-state index is 13.7. The number of imidazole rings is 1. The average molecular weight is 644 g/mol. The summed E-state index contributed by atoms with van der Waals surface area (Å²) >= 11 is 0. The number of sulfone groups is 1. The Hall–Kier alpha value is -3.73. The normalized spacial score (nSPS) is 19.7. The van der Waals surface area contributed by atoms with Crippen LogP contribution in [0.3, 0.4) is 0 Å². The topological polar surface area (TPSA) is 115 Å². The molecule has 0 radical (unpaired) electrons. The lowest BCUT2D eigenvalue weighted by atomic mass is 9.91. The van der Waals surface area contributed by atoms with Crippen LogP contribution >= 0.6 is 0 Å². The van der Waals surface area contributed by atoms with Crippen molar-refractivity contribution in [3.63, 3.8) is 0 Å². The number of hydrogen-bond acceptors (Lipinski definition) is 8. The number of nitrogens with zero attached hydrogens (tertiary/aromatic N) is 3. The van der Waals surface area contributed by atoms with E-state index in [4.69, 9.17) is 9.47 Å². The van der Waals surface area contributed by atoms with Crippen LogP contribution in [0.25, 0.3) is 11.0 Å². The van der Waals surface area contributed by atoms with Gasteiger partial charge in [-0.05, 0) is 55.5 Å². The van der Waals surface area contributed by atoms with Crippen molar-refractivity contribution in [1.29, 1.82) is 0 Å². The molecule has 2 saturated heterocycles. The SMILES string of the molecule is COc1ccc(S(C)(=O)=O)cc1NCC#Cc1cc(C(=O)N[C@H]2CCN(C3CCOCC3)C[C@@H]2C)c2ncn(CC(F)F)c2c1. The van der Waals surface area contributed by atoms with Gasteiger partial charge in [-0.1, -0.05) is 18.8 Å². The summed E-state index contributed by atoms with van der Waals surface area (Å²) in [4.78, 5) is 20.6. The summed E-state index contributed by atoms with van der Waals surface area (Å²) in [6.07, 6.45) is 2.70. The number of alkyl halides is 2. The number of ether oxygens (including phenoxy) is 2. The number of carbonyl (C=O) groups is 1. The number of anilines is 1. The van der Waals surface area contributed by atoms with Crippen molar-refractivity contribution in [3.8, 4) is 17.6 Å². The molecule has 10 nitrogen and oxygen atoms in total. The molecular weight excluding hydrogens is 604 g/mol. The summed E-state index contributed by atoms with van der Waals surface area (Å²) in [5.74, 6) is 6.35. The largest absolute Gasteiger partial charge is 0.495 e. The van der Waals surface area contributed by atoms with Crippen molar-refractivity contribution in [2.24, 2.45) is 5.92 Å². The molecule has 5 rings (SSSR count). The van der Waals surface area contributed by atoms with E-state index >= 15 is 0 Å². The highest BCUT2D eigenvalue weighted by Crippen LogP contribution is 2.28. The fourth-order valence-electron chi connectivity index (χ4n) is 6.06. The monoisotopic (exact) mass is 643 g/mol. The van der Waals surface area contributed by atoms with E-state index < -0.39 is 22.8 Å². The first-order valence-corrected chi connectivity index (χ1v) is 16.9. The first-order chi connectivity index (χ1) is 21.5. The van der Waals surface area contributed by atoms with Gasteiger partial charge in [0.15, 0.2) is 9.84 Å². The van der Waals surface area contributed by atoms with Crippen molar-refractivity contribution in [3.05, 3.63) is 47.8 Å². The number of halogens is 2. The van der Waals surface area contributed by atoms with E-state index in [9.17, 15) is 22.0 Å². The van der Waals surface area contributed by atoms with Gasteiger partial charge in [-0.3, -0.25) is 9.69 Å². The van der Waals surface area contributed by atoms with Crippen LogP contribution in [-0.4, -0.2) is 93.5 Å². The molecule has 0 aliphatic carbocycles. The van der Waals surface area contributed by atoms with Crippen LogP contribution in [0, 0.1) is 17.8 Å². The van der Waals surface area contributed by atoms with Crippen LogP contribution in [0.15, 0.2) is 41.6 Å². The van der Waals surface area contributed by atoms with Crippen LogP contribution in [0.5, 0.6) is 5.75 Å². The Bertz CT molecular complexity index is 1690. The zero-order chi connectivity index (χ0) is 32.1. The fourth-order valence-corrected chi connectivity index (χ4v) is 6.71. The molecule has 1 aromatic heterocycles. The van der Waals surface area contributed by atoms with Crippen LogP contribution in [-0.2, 0) is 21.1 Å². The number of piperidine rings is 1. The molecule has 2 atom stereocenters. The van der Waals surface area contributed by atoms with Gasteiger partial charge in [-0.25, -0.2) is 22.2 Å². The maximum atomic E-state index is 13.7. The third kappa shape index (κ3) is 7.92. The number of nitrogens with one attached hydrogen (secondary N) is 2. The van der Waals surface area contributed by atoms with Crippen LogP contribution in [0.1, 0.15) is 42.1 Å². The number of amides is 1. The summed E-state index contributed by atoms with van der Waals surface area (Å²) in [6.45, 7) is 5.03. The molecule has 2 aliphatic heterocycles. The van der Waals surface area contributed by atoms with E-state index in [1.807, 2.05) is 0 Å². The van der Waals surface area contributed by atoms with Crippen molar-refractivity contribution in [2.45, 2.75) is 56.1 Å². The molecule has 0 saturated carbocycles. The molecule has 0 bridgehead atoms. The Balaban J connectivity index is 1.35. The van der Waals surface area contributed by atoms with Gasteiger partial charge in [0, 0.05) is 50.2 Å². The number of hydrogen-bond donors (Lipinski definition) is 2. The predicted octanol–water partition coefficient (Wildman–Crippen LogP) is 3.80. The number of benzene rings is 2. The highest BCUT2D eigenvalue weighted by molar-refractivity contribution is 7.90. The minimum absolute atomic E-state index is 0.0385. The Kier molecular flexibility index (Phi) is 10.3. The highest BCUT2D eigenvalue weighted by atomic mass is 32.2. The zero-order valence-corrected chi connectivity index (χ0v) is 26.5. The van der Waals surface area contributed by atoms with Crippen LogP contribution in [0.4, 0.5) is 14.5 Å². The van der Waals surface area contributed by atoms with E-state index in [-0.39, 0.29) is 34.9 Å². The van der Waals surface area contributed by atoms with Gasteiger partial charge < -0.3 is 24.7 Å². The maximum Gasteiger partial charge on any atom is 0.256 e. The second kappa shape index (κ2) is 14.1. The summed E-state index contributed by atoms with van der Waals surface area (Å²) < 4.78 is 62.9. The molecule has 2 N–H and O–H groups in total. The smallest absolute Gasteiger partial charge is 0.256 e. The Labute approximate surface area is 262 Å². The fraction of sp³-hybridized carbons (Fsp3) is 0.500. The molecule has 2 aromatic carbocycles. The molecule has 242 valence electrons. The first kappa shape index (κ1) is 32.7. The number of carbonyl (C=O) groups excluding carboxylic acids is 1. The van der Waals surface area contributed by atoms with Gasteiger partial charge in [0.25, 0.3) is 12.3 Å². The minimum atomic E-state index is -3.43. The van der Waals surface area contributed by atoms with Gasteiger partial charge in [-0.2, -0.15) is 0 Å². The molecular formula is C32H39F2N5O5S. The Morgan fingerprint density at radius 3 is 2.67 bits per heavy atom. The zero-order valence-electron chi connectivity index (χ0n) is 25.7. The Morgan fingerprint density at radius 1 is 1.20 bits per heavy atom. The van der Waals surface area contributed by atoms with Gasteiger partial charge >= 0.3 is 0 Å². The second-order valence-electron chi connectivity index (χ2n) is 11.7. The first-order valence-electron chi connectivity index (χ1n) is 15.0. The van der Waals surface area contributed by atoms with Gasteiger partial charge in [0.1, 0.15) is 11.3 Å². The molecule has 45 heavy (non-hydrogen) atoms. The van der Waals surface area contributed by atoms with E-state index in [1.165, 1.54) is 30.1 Å². The molecule has 1 amide bonds. The summed E-state index contributed by atoms with van der Waals surface area (Å²) in [5, 5.41) is 6.26. The van der Waals surface area contributed by atoms with Crippen LogP contribution < -0.4 is 15.4 Å². The molecule has 0 unspecified atom stereocenters. The van der Waals surface area contributed by atoms with Crippen molar-refractivity contribution in [1.82, 2.24) is 19.8 Å². The lowest BCUT2D eigenvalue weighted by Crippen LogP contribution is -2.53. The summed E-state index contributed by atoms with van der Waals surface area (Å²) in [5.41, 5.74) is 1.93. The molecule has 13 heteroatoms. The third-order valence-electron chi connectivity index (χ3n) is 8.46. The van der Waals surface area contributed by atoms with Crippen LogP contribution in [0.2, 0.25) is 0 Å². The summed E-state index contributed by atoms with van der Waals surface area (Å²) in [6, 6.07) is 8.25. The van der Waals surface area contributed by atoms with Crippen molar-refractivity contribution in [2.75, 3.05) is 51.5 Å². The van der Waals surface area contributed by atoms with E-state index in [0.29, 0.717) is 34.1 Å². The standard InChI is InChI=1S/C32H39F2N5O5S/c1-21-18-38(23-9-13-44-14-10-23)12-8-26(21)37-32(40)25-15-22(16-28-31(25)36-20-39(28)19-30(33)34)5-4-11-35-27-17-24(45(3,41)42)6-7-29(27)43-2/h6-7,15-17,20-21,23,26,30,35H,8-14,18-19H2,1-3H3,(H,37,40)/t21-,26-/m0/s1. The van der Waals surface area contributed by atoms with Crippen molar-refractivity contribution < 1.29 is 31.5 Å². The number of rotatable bonds is 9. The average Bonchev–Trinajstić information content (AvgIpc) is 3.41. The highest BCUT2D eigenvalue weighted by Gasteiger charge is 2.32. The minimum Gasteiger partial charge on any atom is -0.495 e. The molecule has 2 fully saturated rings. The van der Waals surface area contributed by atoms with E-state index in [0.717, 1.165) is 51.8 Å². The van der Waals surface area contributed by atoms with E-state index in [1.54, 1.807) is 18.2 Å². The quantitative estimate of drug-likeness (QED) is 0.339. The van der Waals surface area contributed by atoms with E-state index in [2.05, 4.69) is 39.3 Å². The Morgan fingerprint density at radius 2 is 1.98 bits per heavy atom. The summed E-state index contributed by atoms with van der Waals surface area (Å²) in [7, 11) is -1.95. The third-order valence-corrected chi connectivity index (χ3v) is 9.57. The molecule has 3 heterocycles. The predicted molar refractivity (Wildman–Crippen MR) is 168 cm³/mol. The van der Waals surface area contributed by atoms with Gasteiger partial charge in [-0.15, -0.1) is 0 Å². The molecule has 0 spiro atoms. The lowest BCUT2D eigenvalue weighted by Gasteiger charge is -2.42. The van der Waals surface area contributed by atoms with Gasteiger partial charge in [0.2, 0.25) is 0 Å². The lowest BCUT2D eigenvalue weighted by molar-refractivity contribution is 0.0136.